The molecule has 13 heavy (non-hydrogen) atoms. The maximum absolute atomic E-state index is 3.48. The van der Waals surface area contributed by atoms with Gasteiger partial charge in [-0.1, -0.05) is 40.0 Å². The predicted octanol–water partition coefficient (Wildman–Crippen LogP) is 3.06. The Labute approximate surface area is 83.3 Å². The molecule has 0 radical (unpaired) electrons. The summed E-state index contributed by atoms with van der Waals surface area (Å²) in [6.07, 6.45) is 5.59. The van der Waals surface area contributed by atoms with Crippen molar-refractivity contribution in [3.63, 3.8) is 0 Å². The van der Waals surface area contributed by atoms with Crippen molar-refractivity contribution in [3.05, 3.63) is 0 Å². The van der Waals surface area contributed by atoms with Gasteiger partial charge in [-0.05, 0) is 31.2 Å². The third kappa shape index (κ3) is 2.46. The van der Waals surface area contributed by atoms with Gasteiger partial charge in [0.2, 0.25) is 0 Å². The minimum Gasteiger partial charge on any atom is -0.317 e. The number of hydrogen-bond donors (Lipinski definition) is 1. The molecule has 3 unspecified atom stereocenters. The summed E-state index contributed by atoms with van der Waals surface area (Å²) in [7, 11) is 2.11. The minimum absolute atomic E-state index is 0.741. The molecule has 1 rings (SSSR count). The van der Waals surface area contributed by atoms with Crippen LogP contribution in [-0.4, -0.2) is 13.1 Å². The first-order valence-electron chi connectivity index (χ1n) is 5.88. The molecule has 1 aliphatic rings. The second-order valence-corrected chi connectivity index (χ2v) is 4.77. The van der Waals surface area contributed by atoms with E-state index in [1.54, 1.807) is 0 Å². The standard InChI is InChI=1S/C12H25N/c1-5-11(13-4)12-9(2)7-6-8-10(12)3/h9-13H,5-8H2,1-4H3. The number of nitrogens with one attached hydrogen (secondary N) is 1. The second-order valence-electron chi connectivity index (χ2n) is 4.77. The lowest BCUT2D eigenvalue weighted by atomic mass is 9.69. The average Bonchev–Trinajstić information content (AvgIpc) is 2.11. The first-order chi connectivity index (χ1) is 6.20. The van der Waals surface area contributed by atoms with E-state index in [0.29, 0.717) is 0 Å². The third-order valence-corrected chi connectivity index (χ3v) is 3.91. The highest BCUT2D eigenvalue weighted by molar-refractivity contribution is 4.85. The van der Waals surface area contributed by atoms with Gasteiger partial charge in [0.15, 0.2) is 0 Å². The van der Waals surface area contributed by atoms with Gasteiger partial charge in [0.05, 0.1) is 0 Å². The molecule has 1 aliphatic carbocycles. The lowest BCUT2D eigenvalue weighted by molar-refractivity contribution is 0.132. The van der Waals surface area contributed by atoms with Gasteiger partial charge in [-0.3, -0.25) is 0 Å². The molecule has 0 aromatic rings. The summed E-state index contributed by atoms with van der Waals surface area (Å²) in [5, 5.41) is 3.48. The van der Waals surface area contributed by atoms with E-state index in [9.17, 15) is 0 Å². The Balaban J connectivity index is 2.60. The predicted molar refractivity (Wildman–Crippen MR) is 58.8 cm³/mol. The molecular formula is C12H25N. The molecule has 78 valence electrons. The van der Waals surface area contributed by atoms with E-state index in [-0.39, 0.29) is 0 Å². The molecule has 1 saturated carbocycles. The molecule has 0 amide bonds. The van der Waals surface area contributed by atoms with E-state index in [4.69, 9.17) is 0 Å². The van der Waals surface area contributed by atoms with Gasteiger partial charge < -0.3 is 5.32 Å². The van der Waals surface area contributed by atoms with Crippen molar-refractivity contribution in [2.75, 3.05) is 7.05 Å². The molecule has 1 fully saturated rings. The van der Waals surface area contributed by atoms with Crippen LogP contribution in [-0.2, 0) is 0 Å². The summed E-state index contributed by atoms with van der Waals surface area (Å²) in [4.78, 5) is 0. The molecule has 0 saturated heterocycles. The van der Waals surface area contributed by atoms with Crippen molar-refractivity contribution in [1.82, 2.24) is 5.32 Å². The zero-order valence-corrected chi connectivity index (χ0v) is 9.64. The van der Waals surface area contributed by atoms with Crippen LogP contribution in [0.5, 0.6) is 0 Å². The van der Waals surface area contributed by atoms with Gasteiger partial charge in [-0.25, -0.2) is 0 Å². The molecule has 0 bridgehead atoms. The molecule has 1 N–H and O–H groups in total. The highest BCUT2D eigenvalue weighted by Gasteiger charge is 2.32. The van der Waals surface area contributed by atoms with E-state index in [2.05, 4.69) is 33.1 Å². The molecule has 0 aromatic heterocycles. The minimum atomic E-state index is 0.741. The summed E-state index contributed by atoms with van der Waals surface area (Å²) in [6.45, 7) is 7.16. The van der Waals surface area contributed by atoms with Gasteiger partial charge in [-0.2, -0.15) is 0 Å². The molecule has 0 aliphatic heterocycles. The Morgan fingerprint density at radius 3 is 2.15 bits per heavy atom. The average molecular weight is 183 g/mol. The molecule has 0 heterocycles. The van der Waals surface area contributed by atoms with E-state index in [1.165, 1.54) is 25.7 Å². The van der Waals surface area contributed by atoms with Gasteiger partial charge in [0.25, 0.3) is 0 Å². The van der Waals surface area contributed by atoms with Crippen LogP contribution in [0.15, 0.2) is 0 Å². The topological polar surface area (TPSA) is 12.0 Å². The fourth-order valence-corrected chi connectivity index (χ4v) is 3.17. The largest absolute Gasteiger partial charge is 0.317 e. The summed E-state index contributed by atoms with van der Waals surface area (Å²) >= 11 is 0. The SMILES string of the molecule is CCC(NC)C1C(C)CCCC1C. The normalized spacial score (nSPS) is 37.4. The Kier molecular flexibility index (Phi) is 4.24. The smallest absolute Gasteiger partial charge is 0.00947 e. The van der Waals surface area contributed by atoms with Gasteiger partial charge >= 0.3 is 0 Å². The maximum Gasteiger partial charge on any atom is 0.00947 e. The second kappa shape index (κ2) is 4.99. The van der Waals surface area contributed by atoms with E-state index in [0.717, 1.165) is 23.8 Å². The molecular weight excluding hydrogens is 158 g/mol. The van der Waals surface area contributed by atoms with Crippen molar-refractivity contribution < 1.29 is 0 Å². The molecule has 3 atom stereocenters. The van der Waals surface area contributed by atoms with Crippen molar-refractivity contribution in [3.8, 4) is 0 Å². The molecule has 0 aromatic carbocycles. The van der Waals surface area contributed by atoms with Crippen molar-refractivity contribution in [2.24, 2.45) is 17.8 Å². The van der Waals surface area contributed by atoms with Crippen molar-refractivity contribution in [1.29, 1.82) is 0 Å². The number of hydrogen-bond acceptors (Lipinski definition) is 1. The van der Waals surface area contributed by atoms with E-state index >= 15 is 0 Å². The van der Waals surface area contributed by atoms with Gasteiger partial charge in [0, 0.05) is 6.04 Å². The molecule has 1 heteroatoms. The summed E-state index contributed by atoms with van der Waals surface area (Å²) in [6, 6.07) is 0.741. The van der Waals surface area contributed by atoms with Crippen LogP contribution in [0.1, 0.15) is 46.5 Å². The van der Waals surface area contributed by atoms with Gasteiger partial charge in [0.1, 0.15) is 0 Å². The molecule has 1 nitrogen and oxygen atoms in total. The van der Waals surface area contributed by atoms with Crippen LogP contribution in [0.3, 0.4) is 0 Å². The lowest BCUT2D eigenvalue weighted by Crippen LogP contribution is -2.41. The van der Waals surface area contributed by atoms with Crippen molar-refractivity contribution in [2.45, 2.75) is 52.5 Å². The van der Waals surface area contributed by atoms with Gasteiger partial charge in [-0.15, -0.1) is 0 Å². The number of rotatable bonds is 3. The highest BCUT2D eigenvalue weighted by atomic mass is 14.9. The monoisotopic (exact) mass is 183 g/mol. The fraction of sp³-hybridized carbons (Fsp3) is 1.00. The Morgan fingerprint density at radius 1 is 1.23 bits per heavy atom. The van der Waals surface area contributed by atoms with Crippen LogP contribution in [0.4, 0.5) is 0 Å². The summed E-state index contributed by atoms with van der Waals surface area (Å²) < 4.78 is 0. The quantitative estimate of drug-likeness (QED) is 0.709. The van der Waals surface area contributed by atoms with Crippen LogP contribution in [0, 0.1) is 17.8 Å². The Bertz CT molecular complexity index is 130. The zero-order chi connectivity index (χ0) is 9.84. The highest BCUT2D eigenvalue weighted by Crippen LogP contribution is 2.37. The lowest BCUT2D eigenvalue weighted by Gasteiger charge is -2.39. The van der Waals surface area contributed by atoms with Crippen LogP contribution >= 0.6 is 0 Å². The van der Waals surface area contributed by atoms with E-state index in [1.807, 2.05) is 0 Å². The Morgan fingerprint density at radius 2 is 1.77 bits per heavy atom. The summed E-state index contributed by atoms with van der Waals surface area (Å²) in [5.41, 5.74) is 0. The molecule has 0 spiro atoms. The fourth-order valence-electron chi connectivity index (χ4n) is 3.17. The first kappa shape index (κ1) is 11.0. The zero-order valence-electron chi connectivity index (χ0n) is 9.64. The summed E-state index contributed by atoms with van der Waals surface area (Å²) in [5.74, 6) is 2.74. The maximum atomic E-state index is 3.48. The first-order valence-corrected chi connectivity index (χ1v) is 5.88. The van der Waals surface area contributed by atoms with E-state index < -0.39 is 0 Å². The Hall–Kier alpha value is -0.0400. The van der Waals surface area contributed by atoms with Crippen LogP contribution < -0.4 is 5.32 Å². The third-order valence-electron chi connectivity index (χ3n) is 3.91. The van der Waals surface area contributed by atoms with Crippen LogP contribution in [0.25, 0.3) is 0 Å². The van der Waals surface area contributed by atoms with Crippen molar-refractivity contribution >= 4 is 0 Å². The van der Waals surface area contributed by atoms with Crippen LogP contribution in [0.2, 0.25) is 0 Å².